The molecule has 1 N–H and O–H groups in total. The molecule has 0 amide bonds. The van der Waals surface area contributed by atoms with Crippen LogP contribution in [0.15, 0.2) is 29.2 Å². The van der Waals surface area contributed by atoms with Crippen LogP contribution in [-0.4, -0.2) is 55.5 Å². The van der Waals surface area contributed by atoms with Crippen LogP contribution in [-0.2, 0) is 10.0 Å². The van der Waals surface area contributed by atoms with Gasteiger partial charge in [-0.05, 0) is 30.8 Å². The monoisotopic (exact) mass is 359 g/mol. The van der Waals surface area contributed by atoms with Crippen molar-refractivity contribution >= 4 is 27.4 Å². The topological polar surface area (TPSA) is 52.6 Å². The Balaban J connectivity index is 1.96. The first kappa shape index (κ1) is 18.1. The van der Waals surface area contributed by atoms with Crippen LogP contribution in [0, 0.1) is 5.82 Å². The number of hydrogen-bond acceptors (Lipinski definition) is 3. The van der Waals surface area contributed by atoms with Gasteiger partial charge in [0.15, 0.2) is 5.11 Å². The minimum absolute atomic E-state index is 0.267. The number of hydrogen-bond donors (Lipinski definition) is 1. The highest BCUT2D eigenvalue weighted by Gasteiger charge is 2.30. The van der Waals surface area contributed by atoms with E-state index >= 15 is 0 Å². The van der Waals surface area contributed by atoms with Crippen LogP contribution in [0.1, 0.15) is 19.8 Å². The summed E-state index contributed by atoms with van der Waals surface area (Å²) in [6.45, 7) is 4.54. The maximum Gasteiger partial charge on any atom is 0.246 e. The summed E-state index contributed by atoms with van der Waals surface area (Å²) in [6, 6.07) is 5.47. The Labute approximate surface area is 142 Å². The van der Waals surface area contributed by atoms with Gasteiger partial charge in [0.25, 0.3) is 0 Å². The zero-order valence-electron chi connectivity index (χ0n) is 13.2. The highest BCUT2D eigenvalue weighted by atomic mass is 32.2. The summed E-state index contributed by atoms with van der Waals surface area (Å²) >= 11 is 5.32. The lowest BCUT2D eigenvalue weighted by molar-refractivity contribution is 0.263. The fourth-order valence-corrected chi connectivity index (χ4v) is 4.18. The van der Waals surface area contributed by atoms with Gasteiger partial charge in [0.1, 0.15) is 10.7 Å². The van der Waals surface area contributed by atoms with Crippen molar-refractivity contribution in [2.75, 3.05) is 32.7 Å². The van der Waals surface area contributed by atoms with Gasteiger partial charge >= 0.3 is 0 Å². The Kier molecular flexibility index (Phi) is 6.32. The van der Waals surface area contributed by atoms with Gasteiger partial charge in [-0.25, -0.2) is 12.8 Å². The summed E-state index contributed by atoms with van der Waals surface area (Å²) in [5.74, 6) is -0.716. The lowest BCUT2D eigenvalue weighted by Crippen LogP contribution is -2.53. The summed E-state index contributed by atoms with van der Waals surface area (Å²) in [5.41, 5.74) is 0. The number of sulfonamides is 1. The summed E-state index contributed by atoms with van der Waals surface area (Å²) in [6.07, 6.45) is 2.13. The van der Waals surface area contributed by atoms with Gasteiger partial charge in [-0.1, -0.05) is 25.5 Å². The third kappa shape index (κ3) is 4.39. The van der Waals surface area contributed by atoms with Gasteiger partial charge in [-0.2, -0.15) is 4.31 Å². The van der Waals surface area contributed by atoms with Crippen LogP contribution in [0.5, 0.6) is 0 Å². The predicted molar refractivity (Wildman–Crippen MR) is 92.2 cm³/mol. The zero-order chi connectivity index (χ0) is 16.9. The number of piperazine rings is 1. The number of thiocarbonyl (C=S) groups is 1. The van der Waals surface area contributed by atoms with Gasteiger partial charge in [-0.15, -0.1) is 0 Å². The fraction of sp³-hybridized carbons (Fsp3) is 0.533. The number of nitrogens with zero attached hydrogens (tertiary/aromatic N) is 2. The number of nitrogens with one attached hydrogen (secondary N) is 1. The molecule has 0 saturated carbocycles. The fourth-order valence-electron chi connectivity index (χ4n) is 2.41. The van der Waals surface area contributed by atoms with Crippen molar-refractivity contribution in [3.8, 4) is 0 Å². The van der Waals surface area contributed by atoms with Crippen LogP contribution in [0.4, 0.5) is 4.39 Å². The minimum atomic E-state index is -3.79. The van der Waals surface area contributed by atoms with Gasteiger partial charge < -0.3 is 10.2 Å². The molecule has 1 heterocycles. The molecule has 0 unspecified atom stereocenters. The first-order valence-corrected chi connectivity index (χ1v) is 9.59. The molecular weight excluding hydrogens is 337 g/mol. The molecule has 0 aromatic heterocycles. The van der Waals surface area contributed by atoms with Crippen molar-refractivity contribution in [1.29, 1.82) is 0 Å². The smallest absolute Gasteiger partial charge is 0.246 e. The van der Waals surface area contributed by atoms with E-state index in [-0.39, 0.29) is 4.90 Å². The maximum atomic E-state index is 13.8. The lowest BCUT2D eigenvalue weighted by Gasteiger charge is -2.35. The van der Waals surface area contributed by atoms with Gasteiger partial charge in [0.2, 0.25) is 10.0 Å². The molecule has 1 saturated heterocycles. The largest absolute Gasteiger partial charge is 0.363 e. The van der Waals surface area contributed by atoms with E-state index in [1.54, 1.807) is 0 Å². The van der Waals surface area contributed by atoms with Gasteiger partial charge in [-0.3, -0.25) is 0 Å². The second-order valence-corrected chi connectivity index (χ2v) is 7.70. The Morgan fingerprint density at radius 1 is 1.26 bits per heavy atom. The van der Waals surface area contributed by atoms with Crippen molar-refractivity contribution in [3.63, 3.8) is 0 Å². The van der Waals surface area contributed by atoms with E-state index in [9.17, 15) is 12.8 Å². The van der Waals surface area contributed by atoms with Crippen LogP contribution >= 0.6 is 12.2 Å². The molecule has 23 heavy (non-hydrogen) atoms. The average Bonchev–Trinajstić information content (AvgIpc) is 2.55. The molecule has 0 spiro atoms. The molecule has 8 heteroatoms. The maximum absolute atomic E-state index is 13.8. The van der Waals surface area contributed by atoms with E-state index in [0.29, 0.717) is 31.3 Å². The molecule has 1 aliphatic heterocycles. The zero-order valence-corrected chi connectivity index (χ0v) is 14.8. The van der Waals surface area contributed by atoms with E-state index in [0.717, 1.165) is 25.5 Å². The van der Waals surface area contributed by atoms with Crippen LogP contribution in [0.2, 0.25) is 0 Å². The molecule has 5 nitrogen and oxygen atoms in total. The molecule has 2 rings (SSSR count). The van der Waals surface area contributed by atoms with E-state index < -0.39 is 15.8 Å². The molecule has 1 fully saturated rings. The predicted octanol–water partition coefficient (Wildman–Crippen LogP) is 1.81. The molecule has 128 valence electrons. The lowest BCUT2D eigenvalue weighted by atomic mass is 10.3. The number of unbranched alkanes of at least 4 members (excludes halogenated alkanes) is 1. The van der Waals surface area contributed by atoms with E-state index in [1.807, 2.05) is 4.90 Å². The minimum Gasteiger partial charge on any atom is -0.363 e. The Morgan fingerprint density at radius 3 is 2.52 bits per heavy atom. The quantitative estimate of drug-likeness (QED) is 0.642. The number of halogens is 1. The van der Waals surface area contributed by atoms with Crippen LogP contribution < -0.4 is 5.32 Å². The summed E-state index contributed by atoms with van der Waals surface area (Å²) in [4.78, 5) is 1.69. The second kappa shape index (κ2) is 8.03. The summed E-state index contributed by atoms with van der Waals surface area (Å²) < 4.78 is 40.1. The molecule has 0 radical (unpaired) electrons. The molecule has 1 aliphatic rings. The highest BCUT2D eigenvalue weighted by Crippen LogP contribution is 2.20. The SMILES string of the molecule is CCCCNC(=S)N1CCN(S(=O)(=O)c2ccccc2F)CC1. The Morgan fingerprint density at radius 2 is 1.91 bits per heavy atom. The molecule has 1 aromatic rings. The molecule has 0 atom stereocenters. The third-order valence-electron chi connectivity index (χ3n) is 3.79. The second-order valence-electron chi connectivity index (χ2n) is 5.41. The summed E-state index contributed by atoms with van der Waals surface area (Å²) in [5, 5.41) is 3.83. The molecule has 0 bridgehead atoms. The first-order valence-electron chi connectivity index (χ1n) is 7.74. The van der Waals surface area contributed by atoms with E-state index in [4.69, 9.17) is 12.2 Å². The molecule has 1 aromatic carbocycles. The van der Waals surface area contributed by atoms with Crippen LogP contribution in [0.25, 0.3) is 0 Å². The molecular formula is C15H22FN3O2S2. The van der Waals surface area contributed by atoms with Crippen molar-refractivity contribution in [2.24, 2.45) is 0 Å². The van der Waals surface area contributed by atoms with Gasteiger partial charge in [0.05, 0.1) is 0 Å². The van der Waals surface area contributed by atoms with Gasteiger partial charge in [0, 0.05) is 32.7 Å². The average molecular weight is 359 g/mol. The first-order chi connectivity index (χ1) is 11.0. The van der Waals surface area contributed by atoms with Crippen molar-refractivity contribution in [1.82, 2.24) is 14.5 Å². The Hall–Kier alpha value is -1.25. The van der Waals surface area contributed by atoms with E-state index in [2.05, 4.69) is 12.2 Å². The normalized spacial score (nSPS) is 16.3. The summed E-state index contributed by atoms with van der Waals surface area (Å²) in [7, 11) is -3.79. The number of rotatable bonds is 5. The molecule has 0 aliphatic carbocycles. The van der Waals surface area contributed by atoms with Crippen molar-refractivity contribution in [3.05, 3.63) is 30.1 Å². The van der Waals surface area contributed by atoms with E-state index in [1.165, 1.54) is 22.5 Å². The standard InChI is InChI=1S/C15H22FN3O2S2/c1-2-3-8-17-15(22)18-9-11-19(12-10-18)23(20,21)14-7-5-4-6-13(14)16/h4-7H,2-3,8-12H2,1H3,(H,17,22). The highest BCUT2D eigenvalue weighted by molar-refractivity contribution is 7.89. The third-order valence-corrected chi connectivity index (χ3v) is 6.12. The van der Waals surface area contributed by atoms with Crippen molar-refractivity contribution < 1.29 is 12.8 Å². The Bertz CT molecular complexity index is 644. The van der Waals surface area contributed by atoms with Crippen molar-refractivity contribution in [2.45, 2.75) is 24.7 Å². The van der Waals surface area contributed by atoms with Crippen LogP contribution in [0.3, 0.4) is 0 Å². The number of benzene rings is 1.